The Bertz CT molecular complexity index is 554. The molecule has 94 valence electrons. The van der Waals surface area contributed by atoms with E-state index >= 15 is 0 Å². The third kappa shape index (κ3) is 2.28. The van der Waals surface area contributed by atoms with Crippen molar-refractivity contribution in [1.29, 1.82) is 0 Å². The Hall–Kier alpha value is -2.07. The van der Waals surface area contributed by atoms with Gasteiger partial charge in [-0.3, -0.25) is 0 Å². The summed E-state index contributed by atoms with van der Waals surface area (Å²) in [6, 6.07) is 9.01. The number of hydrogen-bond donors (Lipinski definition) is 2. The number of nitrogens with two attached hydrogens (primary N) is 1. The van der Waals surface area contributed by atoms with E-state index in [0.717, 1.165) is 22.6 Å². The smallest absolute Gasteiger partial charge is 0.137 e. The normalized spacial score (nSPS) is 10.4. The van der Waals surface area contributed by atoms with Crippen molar-refractivity contribution in [2.75, 3.05) is 11.9 Å². The second-order valence-corrected chi connectivity index (χ2v) is 4.21. The number of hydrogen-bond acceptors (Lipinski definition) is 4. The van der Waals surface area contributed by atoms with Crippen LogP contribution in [0.5, 0.6) is 5.75 Å². The first-order valence-electron chi connectivity index (χ1n) is 5.81. The van der Waals surface area contributed by atoms with Gasteiger partial charge in [0.15, 0.2) is 0 Å². The highest BCUT2D eigenvalue weighted by Crippen LogP contribution is 2.28. The maximum atomic E-state index is 9.52. The van der Waals surface area contributed by atoms with Crippen molar-refractivity contribution in [2.24, 2.45) is 5.73 Å². The standard InChI is InChI=1S/C14H17N3O/c1-10-6-7-16-14(13(10)9-15)17(2)11-4-3-5-12(18)8-11/h3-8,18H,9,15H2,1-2H3. The van der Waals surface area contributed by atoms with E-state index in [1.807, 2.05) is 31.0 Å². The summed E-state index contributed by atoms with van der Waals surface area (Å²) in [5, 5.41) is 9.52. The lowest BCUT2D eigenvalue weighted by atomic mass is 10.1. The summed E-state index contributed by atoms with van der Waals surface area (Å²) in [5.74, 6) is 1.06. The lowest BCUT2D eigenvalue weighted by Gasteiger charge is -2.22. The van der Waals surface area contributed by atoms with Gasteiger partial charge in [-0.25, -0.2) is 4.98 Å². The summed E-state index contributed by atoms with van der Waals surface area (Å²) in [5.41, 5.74) is 8.80. The quantitative estimate of drug-likeness (QED) is 0.868. The van der Waals surface area contributed by atoms with Crippen LogP contribution in [0, 0.1) is 6.92 Å². The van der Waals surface area contributed by atoms with E-state index in [-0.39, 0.29) is 5.75 Å². The van der Waals surface area contributed by atoms with Crippen molar-refractivity contribution in [3.63, 3.8) is 0 Å². The van der Waals surface area contributed by atoms with Gasteiger partial charge in [-0.05, 0) is 30.7 Å². The minimum Gasteiger partial charge on any atom is -0.508 e. The van der Waals surface area contributed by atoms with Gasteiger partial charge in [0.25, 0.3) is 0 Å². The van der Waals surface area contributed by atoms with Crippen molar-refractivity contribution in [1.82, 2.24) is 4.98 Å². The maximum absolute atomic E-state index is 9.52. The molecule has 0 spiro atoms. The summed E-state index contributed by atoms with van der Waals surface area (Å²) in [4.78, 5) is 6.31. The van der Waals surface area contributed by atoms with Gasteiger partial charge in [-0.15, -0.1) is 0 Å². The largest absolute Gasteiger partial charge is 0.508 e. The molecule has 0 aliphatic rings. The Morgan fingerprint density at radius 3 is 2.78 bits per heavy atom. The molecule has 2 rings (SSSR count). The van der Waals surface area contributed by atoms with Crippen LogP contribution >= 0.6 is 0 Å². The highest BCUT2D eigenvalue weighted by atomic mass is 16.3. The third-order valence-corrected chi connectivity index (χ3v) is 3.01. The summed E-state index contributed by atoms with van der Waals surface area (Å²) in [6.07, 6.45) is 1.77. The number of phenolic OH excluding ortho intramolecular Hbond substituents is 1. The zero-order valence-electron chi connectivity index (χ0n) is 10.6. The van der Waals surface area contributed by atoms with Gasteiger partial charge in [0.05, 0.1) is 0 Å². The van der Waals surface area contributed by atoms with E-state index < -0.39 is 0 Å². The Morgan fingerprint density at radius 1 is 1.33 bits per heavy atom. The number of rotatable bonds is 3. The van der Waals surface area contributed by atoms with Crippen molar-refractivity contribution in [3.05, 3.63) is 47.7 Å². The topological polar surface area (TPSA) is 62.4 Å². The summed E-state index contributed by atoms with van der Waals surface area (Å²) < 4.78 is 0. The van der Waals surface area contributed by atoms with Crippen LogP contribution in [-0.2, 0) is 6.54 Å². The zero-order valence-corrected chi connectivity index (χ0v) is 10.6. The van der Waals surface area contributed by atoms with E-state index in [1.165, 1.54) is 0 Å². The van der Waals surface area contributed by atoms with Gasteiger partial charge in [0, 0.05) is 37.1 Å². The summed E-state index contributed by atoms with van der Waals surface area (Å²) >= 11 is 0. The Morgan fingerprint density at radius 2 is 2.11 bits per heavy atom. The third-order valence-electron chi connectivity index (χ3n) is 3.01. The fourth-order valence-corrected chi connectivity index (χ4v) is 1.94. The van der Waals surface area contributed by atoms with E-state index in [9.17, 15) is 5.11 Å². The number of nitrogens with zero attached hydrogens (tertiary/aromatic N) is 2. The van der Waals surface area contributed by atoms with Gasteiger partial charge in [-0.1, -0.05) is 6.07 Å². The number of aromatic hydroxyl groups is 1. The highest BCUT2D eigenvalue weighted by molar-refractivity contribution is 5.64. The molecule has 0 saturated carbocycles. The van der Waals surface area contributed by atoms with Crippen molar-refractivity contribution < 1.29 is 5.11 Å². The van der Waals surface area contributed by atoms with E-state index in [0.29, 0.717) is 6.54 Å². The van der Waals surface area contributed by atoms with Crippen LogP contribution in [0.1, 0.15) is 11.1 Å². The molecule has 0 saturated heterocycles. The number of aromatic nitrogens is 1. The molecule has 0 aliphatic carbocycles. The molecule has 0 aliphatic heterocycles. The second-order valence-electron chi connectivity index (χ2n) is 4.21. The minimum atomic E-state index is 0.237. The lowest BCUT2D eigenvalue weighted by molar-refractivity contribution is 0.475. The number of aryl methyl sites for hydroxylation is 1. The molecule has 0 unspecified atom stereocenters. The van der Waals surface area contributed by atoms with Crippen LogP contribution in [0.2, 0.25) is 0 Å². The van der Waals surface area contributed by atoms with Crippen LogP contribution in [0.4, 0.5) is 11.5 Å². The number of phenols is 1. The molecule has 0 radical (unpaired) electrons. The zero-order chi connectivity index (χ0) is 13.1. The number of anilines is 2. The van der Waals surface area contributed by atoms with Crippen LogP contribution < -0.4 is 10.6 Å². The van der Waals surface area contributed by atoms with Crippen molar-refractivity contribution in [3.8, 4) is 5.75 Å². The Labute approximate surface area is 107 Å². The first kappa shape index (κ1) is 12.4. The van der Waals surface area contributed by atoms with Crippen LogP contribution in [-0.4, -0.2) is 17.1 Å². The summed E-state index contributed by atoms with van der Waals surface area (Å²) in [7, 11) is 1.91. The van der Waals surface area contributed by atoms with Gasteiger partial charge in [0.1, 0.15) is 11.6 Å². The molecule has 2 aromatic rings. The molecule has 0 fully saturated rings. The molecule has 0 bridgehead atoms. The van der Waals surface area contributed by atoms with Gasteiger partial charge in [-0.2, -0.15) is 0 Å². The van der Waals surface area contributed by atoms with Crippen LogP contribution in [0.25, 0.3) is 0 Å². The van der Waals surface area contributed by atoms with Gasteiger partial charge < -0.3 is 15.7 Å². The lowest BCUT2D eigenvalue weighted by Crippen LogP contribution is -2.16. The Balaban J connectivity index is 2.46. The van der Waals surface area contributed by atoms with E-state index in [1.54, 1.807) is 24.4 Å². The minimum absolute atomic E-state index is 0.237. The molecule has 1 aromatic carbocycles. The SMILES string of the molecule is Cc1ccnc(N(C)c2cccc(O)c2)c1CN. The van der Waals surface area contributed by atoms with Crippen molar-refractivity contribution >= 4 is 11.5 Å². The molecule has 3 N–H and O–H groups in total. The first-order valence-corrected chi connectivity index (χ1v) is 5.81. The van der Waals surface area contributed by atoms with Crippen LogP contribution in [0.15, 0.2) is 36.5 Å². The van der Waals surface area contributed by atoms with Gasteiger partial charge in [0.2, 0.25) is 0 Å². The predicted octanol–water partition coefficient (Wildman–Crippen LogP) is 2.32. The molecule has 1 aromatic heterocycles. The average molecular weight is 243 g/mol. The fourth-order valence-electron chi connectivity index (χ4n) is 1.94. The van der Waals surface area contributed by atoms with E-state index in [2.05, 4.69) is 4.98 Å². The monoisotopic (exact) mass is 243 g/mol. The molecule has 0 amide bonds. The van der Waals surface area contributed by atoms with Gasteiger partial charge >= 0.3 is 0 Å². The fraction of sp³-hybridized carbons (Fsp3) is 0.214. The number of pyridine rings is 1. The molecular formula is C14H17N3O. The Kier molecular flexibility index (Phi) is 3.48. The molecule has 18 heavy (non-hydrogen) atoms. The second kappa shape index (κ2) is 5.06. The van der Waals surface area contributed by atoms with E-state index in [4.69, 9.17) is 5.73 Å². The molecule has 1 heterocycles. The summed E-state index contributed by atoms with van der Waals surface area (Å²) in [6.45, 7) is 2.46. The molecule has 0 atom stereocenters. The average Bonchev–Trinajstić information content (AvgIpc) is 2.37. The number of benzene rings is 1. The molecular weight excluding hydrogens is 226 g/mol. The predicted molar refractivity (Wildman–Crippen MR) is 73.0 cm³/mol. The van der Waals surface area contributed by atoms with Crippen molar-refractivity contribution in [2.45, 2.75) is 13.5 Å². The molecule has 4 nitrogen and oxygen atoms in total. The van der Waals surface area contributed by atoms with Crippen LogP contribution in [0.3, 0.4) is 0 Å². The molecule has 4 heteroatoms. The highest BCUT2D eigenvalue weighted by Gasteiger charge is 2.12. The first-order chi connectivity index (χ1) is 8.63. The maximum Gasteiger partial charge on any atom is 0.137 e.